The van der Waals surface area contributed by atoms with E-state index in [0.717, 1.165) is 19.4 Å². The molecule has 1 heterocycles. The fraction of sp³-hybridized carbons (Fsp3) is 0.286. The smallest absolute Gasteiger partial charge is 0.252 e. The van der Waals surface area contributed by atoms with Crippen LogP contribution in [0.5, 0.6) is 0 Å². The van der Waals surface area contributed by atoms with Crippen molar-refractivity contribution in [2.24, 2.45) is 0 Å². The number of carbonyl (C=O) groups is 1. The first-order valence-electron chi connectivity index (χ1n) is 6.56. The van der Waals surface area contributed by atoms with Crippen LogP contribution in [0.15, 0.2) is 30.9 Å². The minimum atomic E-state index is -0.267. The molecule has 0 fully saturated rings. The number of nitrogen functional groups attached to an aromatic ring is 1. The Bertz CT molecular complexity index is 614. The van der Waals surface area contributed by atoms with Gasteiger partial charge in [-0.15, -0.1) is 0 Å². The molecule has 0 aliphatic carbocycles. The highest BCUT2D eigenvalue weighted by Crippen LogP contribution is 2.28. The van der Waals surface area contributed by atoms with E-state index in [0.29, 0.717) is 17.8 Å². The average Bonchev–Trinajstić information content (AvgIpc) is 2.95. The molecule has 2 aromatic rings. The molecular weight excluding hydrogens is 311 g/mol. The van der Waals surface area contributed by atoms with Gasteiger partial charge < -0.3 is 15.6 Å². The highest BCUT2D eigenvalue weighted by atomic mass is 35.5. The Hall–Kier alpha value is -1.72. The highest BCUT2D eigenvalue weighted by Gasteiger charge is 2.13. The Kier molecular flexibility index (Phi) is 5.47. The van der Waals surface area contributed by atoms with Gasteiger partial charge in [0.2, 0.25) is 0 Å². The molecule has 0 aliphatic rings. The Morgan fingerprint density at radius 1 is 1.33 bits per heavy atom. The molecule has 0 saturated carbocycles. The van der Waals surface area contributed by atoms with Gasteiger partial charge in [-0.25, -0.2) is 4.98 Å². The molecule has 0 unspecified atom stereocenters. The van der Waals surface area contributed by atoms with Crippen LogP contribution in [0, 0.1) is 0 Å². The summed E-state index contributed by atoms with van der Waals surface area (Å²) in [6.07, 6.45) is 7.23. The zero-order valence-corrected chi connectivity index (χ0v) is 12.9. The van der Waals surface area contributed by atoms with Gasteiger partial charge in [0.25, 0.3) is 5.91 Å². The molecule has 1 aromatic heterocycles. The van der Waals surface area contributed by atoms with E-state index in [1.165, 1.54) is 12.1 Å². The lowest BCUT2D eigenvalue weighted by Crippen LogP contribution is -2.25. The summed E-state index contributed by atoms with van der Waals surface area (Å²) in [4.78, 5) is 16.0. The lowest BCUT2D eigenvalue weighted by Gasteiger charge is -2.09. The standard InChI is InChI=1S/C14H16Cl2N4O/c15-12-8-10(17)7-11(13(12)16)14(21)19-3-1-2-5-20-6-4-18-9-20/h4,6-9H,1-3,5,17H2,(H,19,21). The van der Waals surface area contributed by atoms with E-state index in [9.17, 15) is 4.79 Å². The van der Waals surface area contributed by atoms with Crippen LogP contribution in [0.3, 0.4) is 0 Å². The van der Waals surface area contributed by atoms with Gasteiger partial charge in [-0.05, 0) is 25.0 Å². The minimum Gasteiger partial charge on any atom is -0.399 e. The monoisotopic (exact) mass is 326 g/mol. The third kappa shape index (κ3) is 4.37. The normalized spacial score (nSPS) is 10.6. The van der Waals surface area contributed by atoms with Gasteiger partial charge in [0.15, 0.2) is 0 Å². The summed E-state index contributed by atoms with van der Waals surface area (Å²) in [5.74, 6) is -0.267. The maximum absolute atomic E-state index is 12.0. The molecule has 7 heteroatoms. The second-order valence-electron chi connectivity index (χ2n) is 4.63. The molecule has 0 radical (unpaired) electrons. The van der Waals surface area contributed by atoms with Crippen molar-refractivity contribution in [1.82, 2.24) is 14.9 Å². The fourth-order valence-electron chi connectivity index (χ4n) is 1.91. The zero-order valence-electron chi connectivity index (χ0n) is 11.4. The number of aryl methyl sites for hydroxylation is 1. The van der Waals surface area contributed by atoms with Gasteiger partial charge in [0.1, 0.15) is 0 Å². The first kappa shape index (κ1) is 15.7. The van der Waals surface area contributed by atoms with Crippen molar-refractivity contribution in [2.45, 2.75) is 19.4 Å². The van der Waals surface area contributed by atoms with Gasteiger partial charge in [0.05, 0.1) is 21.9 Å². The van der Waals surface area contributed by atoms with Crippen molar-refractivity contribution in [3.05, 3.63) is 46.5 Å². The first-order chi connectivity index (χ1) is 10.1. The van der Waals surface area contributed by atoms with Crippen LogP contribution in [0.25, 0.3) is 0 Å². The predicted molar refractivity (Wildman–Crippen MR) is 84.7 cm³/mol. The molecule has 21 heavy (non-hydrogen) atoms. The number of hydrogen-bond acceptors (Lipinski definition) is 3. The lowest BCUT2D eigenvalue weighted by atomic mass is 10.2. The van der Waals surface area contributed by atoms with Gasteiger partial charge >= 0.3 is 0 Å². The van der Waals surface area contributed by atoms with Crippen molar-refractivity contribution < 1.29 is 4.79 Å². The van der Waals surface area contributed by atoms with Crippen LogP contribution in [-0.2, 0) is 6.54 Å². The largest absolute Gasteiger partial charge is 0.399 e. The van der Waals surface area contributed by atoms with Crippen LogP contribution < -0.4 is 11.1 Å². The van der Waals surface area contributed by atoms with Crippen LogP contribution in [0.4, 0.5) is 5.69 Å². The Morgan fingerprint density at radius 3 is 2.86 bits per heavy atom. The van der Waals surface area contributed by atoms with Crippen molar-refractivity contribution in [3.8, 4) is 0 Å². The van der Waals surface area contributed by atoms with Gasteiger partial charge in [-0.1, -0.05) is 23.2 Å². The summed E-state index contributed by atoms with van der Waals surface area (Å²) < 4.78 is 2.00. The number of halogens is 2. The number of nitrogens with zero attached hydrogens (tertiary/aromatic N) is 2. The second-order valence-corrected chi connectivity index (χ2v) is 5.41. The van der Waals surface area contributed by atoms with Crippen LogP contribution in [0.1, 0.15) is 23.2 Å². The summed E-state index contributed by atoms with van der Waals surface area (Å²) in [7, 11) is 0. The van der Waals surface area contributed by atoms with E-state index in [1.807, 2.05) is 10.8 Å². The number of anilines is 1. The molecule has 112 valence electrons. The molecule has 1 aromatic carbocycles. The van der Waals surface area contributed by atoms with Gasteiger partial charge in [0, 0.05) is 31.2 Å². The molecule has 2 rings (SSSR count). The number of benzene rings is 1. The Morgan fingerprint density at radius 2 is 2.14 bits per heavy atom. The SMILES string of the molecule is Nc1cc(Cl)c(Cl)c(C(=O)NCCCCn2ccnc2)c1. The van der Waals surface area contributed by atoms with Gasteiger partial charge in [-0.2, -0.15) is 0 Å². The maximum Gasteiger partial charge on any atom is 0.252 e. The molecule has 0 bridgehead atoms. The topological polar surface area (TPSA) is 72.9 Å². The number of rotatable bonds is 6. The van der Waals surface area contributed by atoms with E-state index in [1.54, 1.807) is 12.5 Å². The van der Waals surface area contributed by atoms with Crippen LogP contribution in [0.2, 0.25) is 10.0 Å². The average molecular weight is 327 g/mol. The van der Waals surface area contributed by atoms with E-state index in [4.69, 9.17) is 28.9 Å². The van der Waals surface area contributed by atoms with Crippen molar-refractivity contribution in [2.75, 3.05) is 12.3 Å². The second kappa shape index (κ2) is 7.33. The maximum atomic E-state index is 12.0. The number of imidazole rings is 1. The molecule has 3 N–H and O–H groups in total. The zero-order chi connectivity index (χ0) is 15.2. The summed E-state index contributed by atoms with van der Waals surface area (Å²) in [5, 5.41) is 3.32. The Labute approximate surface area is 133 Å². The lowest BCUT2D eigenvalue weighted by molar-refractivity contribution is 0.0953. The third-order valence-electron chi connectivity index (χ3n) is 2.98. The van der Waals surface area contributed by atoms with Crippen LogP contribution >= 0.6 is 23.2 Å². The first-order valence-corrected chi connectivity index (χ1v) is 7.32. The minimum absolute atomic E-state index is 0.224. The van der Waals surface area contributed by atoms with E-state index < -0.39 is 0 Å². The quantitative estimate of drug-likeness (QED) is 0.633. The molecule has 5 nitrogen and oxygen atoms in total. The third-order valence-corrected chi connectivity index (χ3v) is 3.79. The fourth-order valence-corrected chi connectivity index (χ4v) is 2.33. The summed E-state index contributed by atoms with van der Waals surface area (Å²) in [6, 6.07) is 3.04. The Balaban J connectivity index is 1.79. The van der Waals surface area contributed by atoms with Crippen molar-refractivity contribution in [1.29, 1.82) is 0 Å². The number of amides is 1. The molecule has 0 atom stereocenters. The predicted octanol–water partition coefficient (Wildman–Crippen LogP) is 2.98. The number of unbranched alkanes of at least 4 members (excludes halogenated alkanes) is 1. The van der Waals surface area contributed by atoms with Crippen molar-refractivity contribution in [3.63, 3.8) is 0 Å². The number of aromatic nitrogens is 2. The highest BCUT2D eigenvalue weighted by molar-refractivity contribution is 6.44. The molecule has 0 saturated heterocycles. The molecule has 0 spiro atoms. The number of carbonyl (C=O) groups excluding carboxylic acids is 1. The molecule has 0 aliphatic heterocycles. The van der Waals surface area contributed by atoms with E-state index in [-0.39, 0.29) is 16.0 Å². The molecular formula is C14H16Cl2N4O. The van der Waals surface area contributed by atoms with E-state index in [2.05, 4.69) is 10.3 Å². The summed E-state index contributed by atoms with van der Waals surface area (Å²) in [5.41, 5.74) is 6.38. The van der Waals surface area contributed by atoms with E-state index >= 15 is 0 Å². The van der Waals surface area contributed by atoms with Crippen molar-refractivity contribution >= 4 is 34.8 Å². The van der Waals surface area contributed by atoms with Gasteiger partial charge in [-0.3, -0.25) is 4.79 Å². The summed E-state index contributed by atoms with van der Waals surface area (Å²) in [6.45, 7) is 1.44. The number of nitrogens with two attached hydrogens (primary N) is 1. The van der Waals surface area contributed by atoms with Crippen LogP contribution in [-0.4, -0.2) is 22.0 Å². The number of hydrogen-bond donors (Lipinski definition) is 2. The summed E-state index contributed by atoms with van der Waals surface area (Å²) >= 11 is 11.9. The molecule has 1 amide bonds. The number of nitrogens with one attached hydrogen (secondary N) is 1.